The lowest BCUT2D eigenvalue weighted by molar-refractivity contribution is -0.132. The van der Waals surface area contributed by atoms with Gasteiger partial charge >= 0.3 is 11.9 Å². The Hall–Kier alpha value is -4.64. The van der Waals surface area contributed by atoms with Gasteiger partial charge in [0.2, 0.25) is 0 Å². The highest BCUT2D eigenvalue weighted by atomic mass is 32.1. The number of benzene rings is 2. The van der Waals surface area contributed by atoms with Gasteiger partial charge in [0.1, 0.15) is 23.0 Å². The van der Waals surface area contributed by atoms with Crippen LogP contribution in [0.15, 0.2) is 60.7 Å². The van der Waals surface area contributed by atoms with Gasteiger partial charge in [-0.2, -0.15) is 0 Å². The molecule has 2 heterocycles. The fourth-order valence-corrected chi connectivity index (χ4v) is 5.52. The number of aliphatic hydroxyl groups excluding tert-OH is 1. The second-order valence-electron chi connectivity index (χ2n) is 9.54. The molecule has 0 radical (unpaired) electrons. The third-order valence-corrected chi connectivity index (χ3v) is 7.79. The van der Waals surface area contributed by atoms with Gasteiger partial charge in [0, 0.05) is 5.56 Å². The van der Waals surface area contributed by atoms with Gasteiger partial charge in [0.05, 0.1) is 37.6 Å². The van der Waals surface area contributed by atoms with E-state index in [0.717, 1.165) is 24.2 Å². The Balaban J connectivity index is 1.89. The highest BCUT2D eigenvalue weighted by Crippen LogP contribution is 2.45. The van der Waals surface area contributed by atoms with Crippen molar-refractivity contribution in [3.05, 3.63) is 82.4 Å². The van der Waals surface area contributed by atoms with Gasteiger partial charge in [0.25, 0.3) is 5.78 Å². The number of ketones is 1. The number of unbranched alkanes of at least 4 members (excludes halogenated alkanes) is 1. The second kappa shape index (κ2) is 14.0. The van der Waals surface area contributed by atoms with Crippen LogP contribution in [0, 0.1) is 6.92 Å². The van der Waals surface area contributed by atoms with Gasteiger partial charge in [-0.05, 0) is 62.2 Å². The summed E-state index contributed by atoms with van der Waals surface area (Å²) in [5.41, 5.74) is 0.988. The monoisotopic (exact) mass is 606 g/mol. The van der Waals surface area contributed by atoms with Crippen LogP contribution < -0.4 is 19.1 Å². The van der Waals surface area contributed by atoms with Crippen LogP contribution in [-0.4, -0.2) is 54.7 Å². The fourth-order valence-electron chi connectivity index (χ4n) is 4.53. The van der Waals surface area contributed by atoms with E-state index in [4.69, 9.17) is 18.9 Å². The van der Waals surface area contributed by atoms with E-state index in [9.17, 15) is 19.5 Å². The van der Waals surface area contributed by atoms with Crippen LogP contribution in [0.1, 0.15) is 59.2 Å². The summed E-state index contributed by atoms with van der Waals surface area (Å²) < 4.78 is 22.2. The zero-order valence-corrected chi connectivity index (χ0v) is 25.4. The predicted octanol–water partition coefficient (Wildman–Crippen LogP) is 6.01. The van der Waals surface area contributed by atoms with E-state index in [1.54, 1.807) is 49.4 Å². The van der Waals surface area contributed by atoms with Gasteiger partial charge in [-0.3, -0.25) is 14.5 Å². The number of nitrogens with zero attached hydrogens (tertiary/aromatic N) is 2. The molecule has 1 N–H and O–H groups in total. The normalized spacial score (nSPS) is 15.8. The SMILES string of the molecule is C=CCOC(=O)c1sc(N2C(=O)C(=O)C(=C(O)c3ccc(OC)cc3)C2c2ccc(OCCCC)c(OCC)c2)nc1C. The first-order valence-corrected chi connectivity index (χ1v) is 14.7. The number of aromatic nitrogens is 1. The maximum atomic E-state index is 13.6. The van der Waals surface area contributed by atoms with Crippen molar-refractivity contribution in [3.8, 4) is 17.2 Å². The van der Waals surface area contributed by atoms with E-state index in [1.807, 2.05) is 6.92 Å². The largest absolute Gasteiger partial charge is 0.507 e. The van der Waals surface area contributed by atoms with Crippen molar-refractivity contribution in [2.45, 2.75) is 39.7 Å². The lowest BCUT2D eigenvalue weighted by Crippen LogP contribution is -2.29. The van der Waals surface area contributed by atoms with Crippen LogP contribution in [-0.2, 0) is 14.3 Å². The number of carbonyl (C=O) groups excluding carboxylic acids is 3. The summed E-state index contributed by atoms with van der Waals surface area (Å²) in [7, 11) is 1.52. The molecule has 0 bridgehead atoms. The maximum absolute atomic E-state index is 13.6. The smallest absolute Gasteiger partial charge is 0.350 e. The number of aliphatic hydroxyl groups is 1. The zero-order valence-electron chi connectivity index (χ0n) is 24.5. The van der Waals surface area contributed by atoms with Crippen molar-refractivity contribution >= 4 is 39.9 Å². The van der Waals surface area contributed by atoms with Crippen LogP contribution in [0.2, 0.25) is 0 Å². The summed E-state index contributed by atoms with van der Waals surface area (Å²) in [6, 6.07) is 10.5. The van der Waals surface area contributed by atoms with Crippen molar-refractivity contribution in [2.24, 2.45) is 0 Å². The Morgan fingerprint density at radius 2 is 1.86 bits per heavy atom. The molecule has 0 aliphatic carbocycles. The van der Waals surface area contributed by atoms with Crippen molar-refractivity contribution in [1.29, 1.82) is 0 Å². The number of Topliss-reactive ketones (excluding diaryl/α,β-unsaturated/α-hetero) is 1. The molecule has 1 amide bonds. The Labute approximate surface area is 254 Å². The third-order valence-electron chi connectivity index (χ3n) is 6.66. The van der Waals surface area contributed by atoms with Crippen molar-refractivity contribution in [3.63, 3.8) is 0 Å². The average molecular weight is 607 g/mol. The molecule has 1 aromatic heterocycles. The Kier molecular flexibility index (Phi) is 10.2. The van der Waals surface area contributed by atoms with E-state index in [2.05, 4.69) is 18.5 Å². The number of hydrogen-bond acceptors (Lipinski definition) is 10. The Morgan fingerprint density at radius 3 is 2.51 bits per heavy atom. The Bertz CT molecular complexity index is 1540. The maximum Gasteiger partial charge on any atom is 0.350 e. The molecule has 226 valence electrons. The highest BCUT2D eigenvalue weighted by molar-refractivity contribution is 7.17. The first-order valence-electron chi connectivity index (χ1n) is 13.9. The van der Waals surface area contributed by atoms with Crippen LogP contribution in [0.4, 0.5) is 5.13 Å². The number of carbonyl (C=O) groups is 3. The summed E-state index contributed by atoms with van der Waals surface area (Å²) in [6.07, 6.45) is 3.26. The molecule has 0 saturated carbocycles. The summed E-state index contributed by atoms with van der Waals surface area (Å²) in [5.74, 6) is -1.29. The molecule has 1 aliphatic heterocycles. The van der Waals surface area contributed by atoms with E-state index in [1.165, 1.54) is 18.1 Å². The molecule has 1 fully saturated rings. The fraction of sp³-hybridized carbons (Fsp3) is 0.312. The molecule has 43 heavy (non-hydrogen) atoms. The third kappa shape index (κ3) is 6.56. The lowest BCUT2D eigenvalue weighted by Gasteiger charge is -2.24. The molecule has 11 heteroatoms. The highest BCUT2D eigenvalue weighted by Gasteiger charge is 2.48. The minimum absolute atomic E-state index is 0.00473. The van der Waals surface area contributed by atoms with Crippen LogP contribution >= 0.6 is 11.3 Å². The topological polar surface area (TPSA) is 124 Å². The minimum Gasteiger partial charge on any atom is -0.507 e. The van der Waals surface area contributed by atoms with Gasteiger partial charge in [-0.1, -0.05) is 43.4 Å². The number of ether oxygens (including phenoxy) is 4. The van der Waals surface area contributed by atoms with E-state index < -0.39 is 23.7 Å². The van der Waals surface area contributed by atoms with Gasteiger partial charge < -0.3 is 24.1 Å². The van der Waals surface area contributed by atoms with Crippen LogP contribution in [0.3, 0.4) is 0 Å². The lowest BCUT2D eigenvalue weighted by atomic mass is 9.95. The number of rotatable bonds is 13. The summed E-state index contributed by atoms with van der Waals surface area (Å²) >= 11 is 0.921. The van der Waals surface area contributed by atoms with Crippen LogP contribution in [0.5, 0.6) is 17.2 Å². The minimum atomic E-state index is -1.09. The number of amides is 1. The molecule has 1 aliphatic rings. The first kappa shape index (κ1) is 31.3. The number of methoxy groups -OCH3 is 1. The molecule has 1 atom stereocenters. The van der Waals surface area contributed by atoms with Gasteiger partial charge in [-0.25, -0.2) is 9.78 Å². The molecule has 1 saturated heterocycles. The molecule has 1 unspecified atom stereocenters. The van der Waals surface area contributed by atoms with E-state index in [0.29, 0.717) is 47.3 Å². The van der Waals surface area contributed by atoms with Gasteiger partial charge in [0.15, 0.2) is 16.6 Å². The second-order valence-corrected chi connectivity index (χ2v) is 10.5. The quantitative estimate of drug-likeness (QED) is 0.0622. The molecule has 10 nitrogen and oxygen atoms in total. The van der Waals surface area contributed by atoms with Crippen LogP contribution in [0.25, 0.3) is 5.76 Å². The summed E-state index contributed by atoms with van der Waals surface area (Å²) in [5, 5.41) is 11.6. The molecule has 2 aromatic carbocycles. The molecular formula is C32H34N2O8S. The summed E-state index contributed by atoms with van der Waals surface area (Å²) in [6.45, 7) is 9.91. The van der Waals surface area contributed by atoms with Gasteiger partial charge in [-0.15, -0.1) is 0 Å². The van der Waals surface area contributed by atoms with E-state index >= 15 is 0 Å². The molecule has 3 aromatic rings. The standard InChI is InChI=1S/C32H34N2O8S/c1-6-9-17-41-23-15-12-21(18-24(23)40-8-3)26-25(27(35)20-10-13-22(39-5)14-11-20)28(36)30(37)34(26)32-33-19(4)29(43-32)31(38)42-16-7-2/h7,10-15,18,26,35H,2,6,8-9,16-17H2,1,3-5H3. The summed E-state index contributed by atoms with van der Waals surface area (Å²) in [4.78, 5) is 45.8. The predicted molar refractivity (Wildman–Crippen MR) is 163 cm³/mol. The first-order chi connectivity index (χ1) is 20.7. The number of anilines is 1. The number of hydrogen-bond donors (Lipinski definition) is 1. The zero-order chi connectivity index (χ0) is 31.1. The van der Waals surface area contributed by atoms with E-state index in [-0.39, 0.29) is 27.9 Å². The molecular weight excluding hydrogens is 572 g/mol. The number of thiazole rings is 1. The molecule has 4 rings (SSSR count). The van der Waals surface area contributed by atoms with Crippen molar-refractivity contribution < 1.29 is 38.4 Å². The Morgan fingerprint density at radius 1 is 1.12 bits per heavy atom. The van der Waals surface area contributed by atoms with Crippen molar-refractivity contribution in [1.82, 2.24) is 4.98 Å². The van der Waals surface area contributed by atoms with Crippen molar-refractivity contribution in [2.75, 3.05) is 31.8 Å². The average Bonchev–Trinajstić information content (AvgIpc) is 3.52. The molecule has 0 spiro atoms. The number of esters is 1. The number of aryl methyl sites for hydroxylation is 1.